The summed E-state index contributed by atoms with van der Waals surface area (Å²) in [5.74, 6) is 3.67. The lowest BCUT2D eigenvalue weighted by atomic mass is 9.87. The van der Waals surface area contributed by atoms with E-state index in [1.165, 1.54) is 51.7 Å². The monoisotopic (exact) mass is 262 g/mol. The normalized spacial score (nSPS) is 37.1. The van der Waals surface area contributed by atoms with E-state index in [1.807, 2.05) is 0 Å². The van der Waals surface area contributed by atoms with Crippen LogP contribution in [0, 0.1) is 23.7 Å². The molecule has 108 valence electrons. The highest BCUT2D eigenvalue weighted by Crippen LogP contribution is 2.44. The first-order valence-electron chi connectivity index (χ1n) is 8.32. The minimum Gasteiger partial charge on any atom is -0.314 e. The van der Waals surface area contributed by atoms with Crippen molar-refractivity contribution in [3.63, 3.8) is 0 Å². The van der Waals surface area contributed by atoms with Crippen molar-refractivity contribution in [2.24, 2.45) is 23.7 Å². The molecule has 1 saturated carbocycles. The van der Waals surface area contributed by atoms with E-state index in [9.17, 15) is 0 Å². The Morgan fingerprint density at radius 1 is 1.21 bits per heavy atom. The van der Waals surface area contributed by atoms with Crippen LogP contribution in [-0.4, -0.2) is 37.6 Å². The zero-order valence-corrected chi connectivity index (χ0v) is 12.6. The molecule has 4 unspecified atom stereocenters. The lowest BCUT2D eigenvalue weighted by molar-refractivity contribution is 0.208. The van der Waals surface area contributed by atoms with Crippen molar-refractivity contribution in [2.75, 3.05) is 26.7 Å². The minimum absolute atomic E-state index is 0.714. The lowest BCUT2D eigenvalue weighted by Gasteiger charge is -2.30. The van der Waals surface area contributed by atoms with Gasteiger partial charge in [0.1, 0.15) is 0 Å². The Morgan fingerprint density at radius 3 is 2.63 bits per heavy atom. The second kappa shape index (κ2) is 5.97. The Bertz CT molecular complexity index is 317. The van der Waals surface area contributed by atoms with Crippen molar-refractivity contribution in [1.82, 2.24) is 10.2 Å². The number of nitrogens with zero attached hydrogens (tertiary/aromatic N) is 1. The molecule has 0 aromatic heterocycles. The fraction of sp³-hybridized carbons (Fsp3) is 0.882. The van der Waals surface area contributed by atoms with Crippen LogP contribution in [0.4, 0.5) is 0 Å². The van der Waals surface area contributed by atoms with Crippen LogP contribution in [0.15, 0.2) is 12.2 Å². The van der Waals surface area contributed by atoms with Gasteiger partial charge < -0.3 is 10.2 Å². The van der Waals surface area contributed by atoms with Gasteiger partial charge in [-0.2, -0.15) is 0 Å². The van der Waals surface area contributed by atoms with Gasteiger partial charge in [-0.15, -0.1) is 0 Å². The average Bonchev–Trinajstić information content (AvgIpc) is 3.03. The molecule has 2 heteroatoms. The Labute approximate surface area is 118 Å². The average molecular weight is 262 g/mol. The largest absolute Gasteiger partial charge is 0.314 e. The summed E-state index contributed by atoms with van der Waals surface area (Å²) >= 11 is 0. The number of likely N-dealkylation sites (tertiary alicyclic amines) is 1. The maximum absolute atomic E-state index is 3.82. The van der Waals surface area contributed by atoms with Crippen LogP contribution >= 0.6 is 0 Å². The molecule has 0 radical (unpaired) electrons. The van der Waals surface area contributed by atoms with E-state index >= 15 is 0 Å². The zero-order chi connectivity index (χ0) is 13.2. The maximum atomic E-state index is 3.82. The molecule has 0 aromatic carbocycles. The first kappa shape index (κ1) is 13.6. The summed E-state index contributed by atoms with van der Waals surface area (Å²) in [5, 5.41) is 3.82. The van der Waals surface area contributed by atoms with E-state index in [4.69, 9.17) is 0 Å². The fourth-order valence-electron chi connectivity index (χ4n) is 4.42. The molecule has 1 saturated heterocycles. The smallest absolute Gasteiger partial charge is 0.00728 e. The van der Waals surface area contributed by atoms with Crippen LogP contribution < -0.4 is 5.32 Å². The molecule has 3 rings (SSSR count). The Morgan fingerprint density at radius 2 is 2.00 bits per heavy atom. The fourth-order valence-corrected chi connectivity index (χ4v) is 4.42. The van der Waals surface area contributed by atoms with E-state index in [1.54, 1.807) is 0 Å². The van der Waals surface area contributed by atoms with Crippen molar-refractivity contribution < 1.29 is 0 Å². The maximum Gasteiger partial charge on any atom is 0.00728 e. The van der Waals surface area contributed by atoms with Crippen LogP contribution in [0.25, 0.3) is 0 Å². The van der Waals surface area contributed by atoms with Crippen molar-refractivity contribution >= 4 is 0 Å². The van der Waals surface area contributed by atoms with Crippen molar-refractivity contribution in [3.8, 4) is 0 Å². The van der Waals surface area contributed by atoms with E-state index in [-0.39, 0.29) is 0 Å². The molecule has 0 aromatic rings. The molecule has 2 fully saturated rings. The summed E-state index contributed by atoms with van der Waals surface area (Å²) in [4.78, 5) is 2.47. The first-order valence-corrected chi connectivity index (χ1v) is 8.32. The van der Waals surface area contributed by atoms with Gasteiger partial charge in [0.2, 0.25) is 0 Å². The van der Waals surface area contributed by atoms with Gasteiger partial charge in [-0.05, 0) is 89.4 Å². The van der Waals surface area contributed by atoms with Gasteiger partial charge in [0.05, 0.1) is 0 Å². The standard InChI is InChI=1S/C17H30N2/c1-13(17-12-15-3-4-16(17)11-15)18-8-5-14-6-9-19(2)10-7-14/h3-4,13-18H,5-12H2,1-2H3. The summed E-state index contributed by atoms with van der Waals surface area (Å²) in [5.41, 5.74) is 0. The molecule has 0 amide bonds. The molecule has 3 aliphatic rings. The SMILES string of the molecule is CC(NCCC1CCN(C)CC1)C1CC2C=CC1C2. The van der Waals surface area contributed by atoms with Crippen LogP contribution in [0.3, 0.4) is 0 Å². The Balaban J connectivity index is 1.35. The summed E-state index contributed by atoms with van der Waals surface area (Å²) < 4.78 is 0. The zero-order valence-electron chi connectivity index (χ0n) is 12.6. The summed E-state index contributed by atoms with van der Waals surface area (Å²) in [6, 6.07) is 0.714. The molecule has 2 bridgehead atoms. The second-order valence-electron chi connectivity index (χ2n) is 7.22. The van der Waals surface area contributed by atoms with Gasteiger partial charge >= 0.3 is 0 Å². The number of fused-ring (bicyclic) bond motifs is 2. The Hall–Kier alpha value is -0.340. The van der Waals surface area contributed by atoms with Crippen LogP contribution in [0.2, 0.25) is 0 Å². The number of piperidine rings is 1. The molecule has 2 aliphatic carbocycles. The van der Waals surface area contributed by atoms with Gasteiger partial charge in [-0.1, -0.05) is 12.2 Å². The molecular weight excluding hydrogens is 232 g/mol. The molecule has 1 heterocycles. The third kappa shape index (κ3) is 3.22. The highest BCUT2D eigenvalue weighted by molar-refractivity contribution is 5.11. The molecule has 0 spiro atoms. The number of hydrogen-bond donors (Lipinski definition) is 1. The first-order chi connectivity index (χ1) is 9.22. The lowest BCUT2D eigenvalue weighted by Crippen LogP contribution is -2.37. The van der Waals surface area contributed by atoms with Gasteiger partial charge in [0.15, 0.2) is 0 Å². The molecule has 4 atom stereocenters. The summed E-state index contributed by atoms with van der Waals surface area (Å²) in [6.07, 6.45) is 12.0. The van der Waals surface area contributed by atoms with Gasteiger partial charge in [0.25, 0.3) is 0 Å². The molecule has 19 heavy (non-hydrogen) atoms. The molecular formula is C17H30N2. The van der Waals surface area contributed by atoms with E-state index < -0.39 is 0 Å². The number of hydrogen-bond acceptors (Lipinski definition) is 2. The van der Waals surface area contributed by atoms with E-state index in [0.29, 0.717) is 6.04 Å². The van der Waals surface area contributed by atoms with Gasteiger partial charge in [-0.3, -0.25) is 0 Å². The highest BCUT2D eigenvalue weighted by Gasteiger charge is 2.38. The number of rotatable bonds is 5. The Kier molecular flexibility index (Phi) is 4.28. The van der Waals surface area contributed by atoms with E-state index in [0.717, 1.165) is 23.7 Å². The van der Waals surface area contributed by atoms with Crippen LogP contribution in [-0.2, 0) is 0 Å². The van der Waals surface area contributed by atoms with Crippen LogP contribution in [0.1, 0.15) is 39.0 Å². The predicted octanol–water partition coefficient (Wildman–Crippen LogP) is 2.91. The molecule has 1 N–H and O–H groups in total. The summed E-state index contributed by atoms with van der Waals surface area (Å²) in [7, 11) is 2.25. The van der Waals surface area contributed by atoms with Crippen molar-refractivity contribution in [2.45, 2.75) is 45.1 Å². The number of allylic oxidation sites excluding steroid dienone is 2. The van der Waals surface area contributed by atoms with Crippen LogP contribution in [0.5, 0.6) is 0 Å². The summed E-state index contributed by atoms with van der Waals surface area (Å²) in [6.45, 7) is 6.25. The van der Waals surface area contributed by atoms with Crippen molar-refractivity contribution in [1.29, 1.82) is 0 Å². The van der Waals surface area contributed by atoms with Crippen molar-refractivity contribution in [3.05, 3.63) is 12.2 Å². The second-order valence-corrected chi connectivity index (χ2v) is 7.22. The number of nitrogens with one attached hydrogen (secondary N) is 1. The quantitative estimate of drug-likeness (QED) is 0.766. The molecule has 2 nitrogen and oxygen atoms in total. The third-order valence-corrected chi connectivity index (χ3v) is 5.83. The minimum atomic E-state index is 0.714. The van der Waals surface area contributed by atoms with Gasteiger partial charge in [-0.25, -0.2) is 0 Å². The predicted molar refractivity (Wildman–Crippen MR) is 81.1 cm³/mol. The van der Waals surface area contributed by atoms with Gasteiger partial charge in [0, 0.05) is 6.04 Å². The highest BCUT2D eigenvalue weighted by atomic mass is 15.1. The van der Waals surface area contributed by atoms with E-state index in [2.05, 4.69) is 36.3 Å². The molecule has 1 aliphatic heterocycles. The third-order valence-electron chi connectivity index (χ3n) is 5.83. The topological polar surface area (TPSA) is 15.3 Å².